The van der Waals surface area contributed by atoms with Crippen LogP contribution >= 0.6 is 0 Å². The lowest BCUT2D eigenvalue weighted by atomic mass is 9.87. The maximum Gasteiger partial charge on any atom is 0.328 e. The van der Waals surface area contributed by atoms with Gasteiger partial charge in [0.15, 0.2) is 0 Å². The molecule has 0 aromatic carbocycles. The Bertz CT molecular complexity index is 251. The number of carbonyl (C=O) groups is 1. The van der Waals surface area contributed by atoms with Gasteiger partial charge in [-0.25, -0.2) is 4.79 Å². The Hall–Kier alpha value is -0.830. The van der Waals surface area contributed by atoms with Crippen molar-refractivity contribution in [2.24, 2.45) is 5.41 Å². The van der Waals surface area contributed by atoms with Crippen LogP contribution in [-0.2, 0) is 4.79 Å². The lowest BCUT2D eigenvalue weighted by Crippen LogP contribution is -2.40. The van der Waals surface area contributed by atoms with Crippen LogP contribution in [0.3, 0.4) is 0 Å². The van der Waals surface area contributed by atoms with E-state index in [2.05, 4.69) is 32.6 Å². The second kappa shape index (κ2) is 5.31. The van der Waals surface area contributed by atoms with Gasteiger partial charge in [0.2, 0.25) is 0 Å². The van der Waals surface area contributed by atoms with Crippen LogP contribution in [0.15, 0.2) is 11.6 Å². The molecule has 0 saturated heterocycles. The molecule has 3 heteroatoms. The maximum absolute atomic E-state index is 10.5. The van der Waals surface area contributed by atoms with Crippen LogP contribution in [0.2, 0.25) is 0 Å². The van der Waals surface area contributed by atoms with E-state index in [1.54, 1.807) is 0 Å². The van der Waals surface area contributed by atoms with Crippen LogP contribution < -0.4 is 0 Å². The minimum atomic E-state index is -0.871. The first-order valence-corrected chi connectivity index (χ1v) is 5.25. The third kappa shape index (κ3) is 5.57. The van der Waals surface area contributed by atoms with E-state index in [-0.39, 0.29) is 5.41 Å². The summed E-state index contributed by atoms with van der Waals surface area (Å²) < 4.78 is 0. The van der Waals surface area contributed by atoms with Gasteiger partial charge < -0.3 is 5.11 Å². The van der Waals surface area contributed by atoms with Crippen molar-refractivity contribution in [3.05, 3.63) is 11.6 Å². The van der Waals surface area contributed by atoms with Gasteiger partial charge in [-0.15, -0.1) is 0 Å². The van der Waals surface area contributed by atoms with E-state index in [1.165, 1.54) is 6.08 Å². The summed E-state index contributed by atoms with van der Waals surface area (Å²) in [5.41, 5.74) is 1.08. The molecule has 3 nitrogen and oxygen atoms in total. The predicted molar refractivity (Wildman–Crippen MR) is 62.9 cm³/mol. The second-order valence-corrected chi connectivity index (χ2v) is 5.29. The van der Waals surface area contributed by atoms with Crippen LogP contribution in [0.5, 0.6) is 0 Å². The van der Waals surface area contributed by atoms with Crippen molar-refractivity contribution in [3.8, 4) is 0 Å². The highest BCUT2D eigenvalue weighted by Crippen LogP contribution is 2.23. The summed E-state index contributed by atoms with van der Waals surface area (Å²) in [4.78, 5) is 12.6. The van der Waals surface area contributed by atoms with Gasteiger partial charge in [-0.3, -0.25) is 4.90 Å². The fourth-order valence-corrected chi connectivity index (χ4v) is 1.45. The highest BCUT2D eigenvalue weighted by atomic mass is 16.4. The van der Waals surface area contributed by atoms with Crippen LogP contribution in [0.1, 0.15) is 34.6 Å². The highest BCUT2D eigenvalue weighted by molar-refractivity contribution is 5.80. The summed E-state index contributed by atoms with van der Waals surface area (Å²) in [7, 11) is 2.02. The quantitative estimate of drug-likeness (QED) is 0.729. The number of likely N-dealkylation sites (N-methyl/N-ethyl adjacent to an activating group) is 1. The number of hydrogen-bond donors (Lipinski definition) is 1. The summed E-state index contributed by atoms with van der Waals surface area (Å²) in [6.45, 7) is 11.3. The Kier molecular flexibility index (Phi) is 5.01. The van der Waals surface area contributed by atoms with Crippen LogP contribution in [0.25, 0.3) is 0 Å². The van der Waals surface area contributed by atoms with E-state index in [9.17, 15) is 4.79 Å². The lowest BCUT2D eigenvalue weighted by Gasteiger charge is -2.35. The molecule has 1 N–H and O–H groups in total. The molecule has 0 saturated carbocycles. The SMILES string of the molecule is CC(=CC(=O)O)CN(C)C(C)C(C)(C)C. The normalized spacial score (nSPS) is 15.5. The first-order chi connectivity index (χ1) is 6.64. The fourth-order valence-electron chi connectivity index (χ4n) is 1.45. The van der Waals surface area contributed by atoms with Crippen molar-refractivity contribution in [3.63, 3.8) is 0 Å². The van der Waals surface area contributed by atoms with Crippen molar-refractivity contribution < 1.29 is 9.90 Å². The van der Waals surface area contributed by atoms with Gasteiger partial charge in [0, 0.05) is 18.7 Å². The largest absolute Gasteiger partial charge is 0.478 e. The van der Waals surface area contributed by atoms with Crippen molar-refractivity contribution in [1.29, 1.82) is 0 Å². The summed E-state index contributed by atoms with van der Waals surface area (Å²) in [6, 6.07) is 0.412. The minimum Gasteiger partial charge on any atom is -0.478 e. The number of nitrogens with zero attached hydrogens (tertiary/aromatic N) is 1. The second-order valence-electron chi connectivity index (χ2n) is 5.29. The molecule has 1 atom stereocenters. The fraction of sp³-hybridized carbons (Fsp3) is 0.750. The topological polar surface area (TPSA) is 40.5 Å². The third-order valence-corrected chi connectivity index (χ3v) is 2.78. The Labute approximate surface area is 92.8 Å². The Morgan fingerprint density at radius 1 is 1.47 bits per heavy atom. The van der Waals surface area contributed by atoms with Crippen molar-refractivity contribution in [2.45, 2.75) is 40.7 Å². The van der Waals surface area contributed by atoms with Gasteiger partial charge >= 0.3 is 5.97 Å². The number of hydrogen-bond acceptors (Lipinski definition) is 2. The molecule has 15 heavy (non-hydrogen) atoms. The molecule has 0 amide bonds. The standard InChI is InChI=1S/C12H23NO2/c1-9(7-11(14)15)8-13(6)10(2)12(3,4)5/h7,10H,8H2,1-6H3,(H,14,15). The van der Waals surface area contributed by atoms with E-state index < -0.39 is 5.97 Å². The molecular formula is C12H23NO2. The molecule has 0 heterocycles. The molecule has 0 bridgehead atoms. The van der Waals surface area contributed by atoms with Crippen LogP contribution in [0.4, 0.5) is 0 Å². The molecule has 0 aliphatic rings. The van der Waals surface area contributed by atoms with E-state index >= 15 is 0 Å². The molecule has 0 aromatic rings. The minimum absolute atomic E-state index is 0.207. The molecule has 0 fully saturated rings. The average Bonchev–Trinajstić information content (AvgIpc) is 1.99. The predicted octanol–water partition coefficient (Wildman–Crippen LogP) is 2.38. The summed E-state index contributed by atoms with van der Waals surface area (Å²) in [6.07, 6.45) is 1.27. The van der Waals surface area contributed by atoms with Crippen molar-refractivity contribution >= 4 is 5.97 Å². The first kappa shape index (κ1) is 14.2. The molecule has 0 spiro atoms. The third-order valence-electron chi connectivity index (χ3n) is 2.78. The average molecular weight is 213 g/mol. The van der Waals surface area contributed by atoms with Gasteiger partial charge in [0.05, 0.1) is 0 Å². The Morgan fingerprint density at radius 2 is 1.93 bits per heavy atom. The summed E-state index contributed by atoms with van der Waals surface area (Å²) in [5, 5.41) is 8.60. The van der Waals surface area contributed by atoms with Crippen LogP contribution in [0, 0.1) is 5.41 Å². The zero-order chi connectivity index (χ0) is 12.2. The van der Waals surface area contributed by atoms with Crippen LogP contribution in [-0.4, -0.2) is 35.6 Å². The van der Waals surface area contributed by atoms with Gasteiger partial charge in [-0.1, -0.05) is 26.3 Å². The van der Waals surface area contributed by atoms with Crippen molar-refractivity contribution in [2.75, 3.05) is 13.6 Å². The van der Waals surface area contributed by atoms with E-state index in [4.69, 9.17) is 5.11 Å². The smallest absolute Gasteiger partial charge is 0.328 e. The van der Waals surface area contributed by atoms with Gasteiger partial charge in [0.1, 0.15) is 0 Å². The Morgan fingerprint density at radius 3 is 2.27 bits per heavy atom. The van der Waals surface area contributed by atoms with Crippen molar-refractivity contribution in [1.82, 2.24) is 4.90 Å². The van der Waals surface area contributed by atoms with Gasteiger partial charge in [-0.2, -0.15) is 0 Å². The number of rotatable bonds is 4. The van der Waals surface area contributed by atoms with Gasteiger partial charge in [0.25, 0.3) is 0 Å². The van der Waals surface area contributed by atoms with E-state index in [0.717, 1.165) is 5.57 Å². The van der Waals surface area contributed by atoms with Gasteiger partial charge in [-0.05, 0) is 26.3 Å². The molecule has 0 aliphatic heterocycles. The monoisotopic (exact) mass is 213 g/mol. The highest BCUT2D eigenvalue weighted by Gasteiger charge is 2.23. The Balaban J connectivity index is 4.37. The number of aliphatic carboxylic acids is 1. The summed E-state index contributed by atoms with van der Waals surface area (Å²) in [5.74, 6) is -0.871. The molecule has 1 unspecified atom stereocenters. The first-order valence-electron chi connectivity index (χ1n) is 5.25. The maximum atomic E-state index is 10.5. The zero-order valence-electron chi connectivity index (χ0n) is 10.7. The number of carboxylic acid groups (broad SMARTS) is 1. The molecule has 0 aliphatic carbocycles. The zero-order valence-corrected chi connectivity index (χ0v) is 10.7. The number of carboxylic acids is 1. The molecular weight excluding hydrogens is 190 g/mol. The lowest BCUT2D eigenvalue weighted by molar-refractivity contribution is -0.131. The molecule has 0 aromatic heterocycles. The van der Waals surface area contributed by atoms with E-state index in [0.29, 0.717) is 12.6 Å². The molecule has 0 radical (unpaired) electrons. The molecule has 0 rings (SSSR count). The summed E-state index contributed by atoms with van der Waals surface area (Å²) >= 11 is 0. The van der Waals surface area contributed by atoms with E-state index in [1.807, 2.05) is 14.0 Å². The molecule has 88 valence electrons.